The van der Waals surface area contributed by atoms with Crippen molar-refractivity contribution in [3.63, 3.8) is 0 Å². The second kappa shape index (κ2) is 4.40. The fourth-order valence-corrected chi connectivity index (χ4v) is 1.64. The molecular weight excluding hydrogens is 227 g/mol. The molecule has 0 radical (unpaired) electrons. The van der Waals surface area contributed by atoms with E-state index in [1.807, 2.05) is 0 Å². The molecule has 0 amide bonds. The minimum Gasteiger partial charge on any atom is -0.496 e. The SMILES string of the molecule is COc1ccc(F)cc1-c1cnc[nH]c1=S. The Labute approximate surface area is 96.9 Å². The Morgan fingerprint density at radius 1 is 1.38 bits per heavy atom. The highest BCUT2D eigenvalue weighted by molar-refractivity contribution is 7.71. The van der Waals surface area contributed by atoms with E-state index in [-0.39, 0.29) is 5.82 Å². The van der Waals surface area contributed by atoms with Gasteiger partial charge < -0.3 is 9.72 Å². The largest absolute Gasteiger partial charge is 0.496 e. The number of methoxy groups -OCH3 is 1. The summed E-state index contributed by atoms with van der Waals surface area (Å²) in [5.74, 6) is 0.225. The number of hydrogen-bond acceptors (Lipinski definition) is 3. The first-order valence-electron chi connectivity index (χ1n) is 4.59. The molecule has 0 spiro atoms. The maximum atomic E-state index is 13.2. The molecule has 0 aliphatic carbocycles. The molecule has 0 aliphatic rings. The van der Waals surface area contributed by atoms with Gasteiger partial charge in [-0.05, 0) is 18.2 Å². The predicted octanol–water partition coefficient (Wildman–Crippen LogP) is 2.95. The van der Waals surface area contributed by atoms with E-state index >= 15 is 0 Å². The Bertz CT molecular complexity index is 568. The highest BCUT2D eigenvalue weighted by Crippen LogP contribution is 2.30. The molecular formula is C11H9FN2OS. The van der Waals surface area contributed by atoms with Crippen molar-refractivity contribution in [2.45, 2.75) is 0 Å². The van der Waals surface area contributed by atoms with E-state index in [0.717, 1.165) is 0 Å². The molecule has 3 nitrogen and oxygen atoms in total. The molecule has 1 aromatic heterocycles. The zero-order chi connectivity index (χ0) is 11.5. The van der Waals surface area contributed by atoms with Crippen LogP contribution in [0.3, 0.4) is 0 Å². The third-order valence-electron chi connectivity index (χ3n) is 2.17. The van der Waals surface area contributed by atoms with Gasteiger partial charge in [0.15, 0.2) is 0 Å². The van der Waals surface area contributed by atoms with Gasteiger partial charge in [0.2, 0.25) is 0 Å². The fourth-order valence-electron chi connectivity index (χ4n) is 1.43. The Morgan fingerprint density at radius 3 is 2.88 bits per heavy atom. The van der Waals surface area contributed by atoms with Gasteiger partial charge in [0.05, 0.1) is 13.4 Å². The van der Waals surface area contributed by atoms with E-state index in [1.165, 1.54) is 25.6 Å². The summed E-state index contributed by atoms with van der Waals surface area (Å²) in [7, 11) is 1.53. The zero-order valence-electron chi connectivity index (χ0n) is 8.53. The first-order valence-corrected chi connectivity index (χ1v) is 5.00. The summed E-state index contributed by atoms with van der Waals surface area (Å²) in [6.07, 6.45) is 3.06. The molecule has 82 valence electrons. The molecule has 16 heavy (non-hydrogen) atoms. The number of halogens is 1. The zero-order valence-corrected chi connectivity index (χ0v) is 9.34. The van der Waals surface area contributed by atoms with Crippen LogP contribution in [0.5, 0.6) is 5.75 Å². The molecule has 0 bridgehead atoms. The third-order valence-corrected chi connectivity index (χ3v) is 2.51. The van der Waals surface area contributed by atoms with Gasteiger partial charge in [-0.25, -0.2) is 9.37 Å². The number of rotatable bonds is 2. The van der Waals surface area contributed by atoms with Crippen LogP contribution in [0.4, 0.5) is 4.39 Å². The van der Waals surface area contributed by atoms with Crippen molar-refractivity contribution < 1.29 is 9.13 Å². The molecule has 5 heteroatoms. The van der Waals surface area contributed by atoms with E-state index in [9.17, 15) is 4.39 Å². The first kappa shape index (κ1) is 10.8. The monoisotopic (exact) mass is 236 g/mol. The number of aromatic nitrogens is 2. The fraction of sp³-hybridized carbons (Fsp3) is 0.0909. The van der Waals surface area contributed by atoms with Crippen LogP contribution in [0.2, 0.25) is 0 Å². The smallest absolute Gasteiger partial charge is 0.127 e. The summed E-state index contributed by atoms with van der Waals surface area (Å²) in [5.41, 5.74) is 1.24. The highest BCUT2D eigenvalue weighted by Gasteiger charge is 2.08. The Morgan fingerprint density at radius 2 is 2.19 bits per heavy atom. The van der Waals surface area contributed by atoms with Crippen LogP contribution < -0.4 is 4.74 Å². The van der Waals surface area contributed by atoms with Crippen molar-refractivity contribution in [2.75, 3.05) is 7.11 Å². The van der Waals surface area contributed by atoms with Crippen molar-refractivity contribution in [1.29, 1.82) is 0 Å². The number of H-pyrrole nitrogens is 1. The lowest BCUT2D eigenvalue weighted by Crippen LogP contribution is -1.91. The summed E-state index contributed by atoms with van der Waals surface area (Å²) < 4.78 is 18.8. The minimum atomic E-state index is -0.339. The summed E-state index contributed by atoms with van der Waals surface area (Å²) in [4.78, 5) is 6.72. The molecule has 0 unspecified atom stereocenters. The minimum absolute atomic E-state index is 0.339. The van der Waals surface area contributed by atoms with Gasteiger partial charge in [-0.1, -0.05) is 12.2 Å². The van der Waals surface area contributed by atoms with Crippen molar-refractivity contribution >= 4 is 12.2 Å². The summed E-state index contributed by atoms with van der Waals surface area (Å²) in [6, 6.07) is 4.28. The normalized spacial score (nSPS) is 10.1. The Balaban J connectivity index is 2.68. The van der Waals surface area contributed by atoms with Gasteiger partial charge >= 0.3 is 0 Å². The molecule has 1 aromatic carbocycles. The van der Waals surface area contributed by atoms with Gasteiger partial charge in [-0.15, -0.1) is 0 Å². The van der Waals surface area contributed by atoms with Gasteiger partial charge in [0.25, 0.3) is 0 Å². The number of hydrogen-bond donors (Lipinski definition) is 1. The summed E-state index contributed by atoms with van der Waals surface area (Å²) in [5, 5.41) is 0. The third kappa shape index (κ3) is 1.94. The number of benzene rings is 1. The van der Waals surface area contributed by atoms with E-state index in [4.69, 9.17) is 17.0 Å². The van der Waals surface area contributed by atoms with Crippen molar-refractivity contribution in [1.82, 2.24) is 9.97 Å². The Kier molecular flexibility index (Phi) is 2.96. The van der Waals surface area contributed by atoms with E-state index < -0.39 is 0 Å². The van der Waals surface area contributed by atoms with Gasteiger partial charge in [-0.2, -0.15) is 0 Å². The number of nitrogens with one attached hydrogen (secondary N) is 1. The van der Waals surface area contributed by atoms with Crippen molar-refractivity contribution in [3.8, 4) is 16.9 Å². The predicted molar refractivity (Wildman–Crippen MR) is 61.4 cm³/mol. The number of nitrogens with zero attached hydrogens (tertiary/aromatic N) is 1. The molecule has 1 heterocycles. The van der Waals surface area contributed by atoms with Crippen molar-refractivity contribution in [2.24, 2.45) is 0 Å². The molecule has 2 aromatic rings. The topological polar surface area (TPSA) is 37.9 Å². The lowest BCUT2D eigenvalue weighted by Gasteiger charge is -2.07. The molecule has 0 fully saturated rings. The molecule has 0 saturated heterocycles. The van der Waals surface area contributed by atoms with Crippen LogP contribution >= 0.6 is 12.2 Å². The average Bonchev–Trinajstić information content (AvgIpc) is 2.29. The molecule has 0 aliphatic heterocycles. The summed E-state index contributed by atoms with van der Waals surface area (Å²) >= 11 is 5.11. The second-order valence-electron chi connectivity index (χ2n) is 3.14. The highest BCUT2D eigenvalue weighted by atomic mass is 32.1. The van der Waals surface area contributed by atoms with Crippen LogP contribution in [-0.4, -0.2) is 17.1 Å². The van der Waals surface area contributed by atoms with Gasteiger partial charge in [0, 0.05) is 17.3 Å². The standard InChI is InChI=1S/C11H9FN2OS/c1-15-10-3-2-7(12)4-8(10)9-5-13-6-14-11(9)16/h2-6H,1H3,(H,13,14,16). The molecule has 2 rings (SSSR count). The Hall–Kier alpha value is -1.75. The van der Waals surface area contributed by atoms with Crippen molar-refractivity contribution in [3.05, 3.63) is 41.2 Å². The van der Waals surface area contributed by atoms with Gasteiger partial charge in [-0.3, -0.25) is 0 Å². The van der Waals surface area contributed by atoms with Crippen LogP contribution in [0, 0.1) is 10.5 Å². The lowest BCUT2D eigenvalue weighted by atomic mass is 10.1. The average molecular weight is 236 g/mol. The van der Waals surface area contributed by atoms with E-state index in [0.29, 0.717) is 21.5 Å². The maximum absolute atomic E-state index is 13.2. The van der Waals surface area contributed by atoms with Crippen LogP contribution in [0.25, 0.3) is 11.1 Å². The first-order chi connectivity index (χ1) is 7.72. The molecule has 1 N–H and O–H groups in total. The second-order valence-corrected chi connectivity index (χ2v) is 3.55. The lowest BCUT2D eigenvalue weighted by molar-refractivity contribution is 0.415. The van der Waals surface area contributed by atoms with Crippen LogP contribution in [0.15, 0.2) is 30.7 Å². The van der Waals surface area contributed by atoms with Crippen LogP contribution in [-0.2, 0) is 0 Å². The van der Waals surface area contributed by atoms with Gasteiger partial charge in [0.1, 0.15) is 16.2 Å². The number of aromatic amines is 1. The maximum Gasteiger partial charge on any atom is 0.127 e. The molecule has 0 atom stereocenters. The summed E-state index contributed by atoms with van der Waals surface area (Å²) in [6.45, 7) is 0. The molecule has 0 saturated carbocycles. The quantitative estimate of drug-likeness (QED) is 0.815. The van der Waals surface area contributed by atoms with E-state index in [1.54, 1.807) is 12.3 Å². The van der Waals surface area contributed by atoms with Crippen LogP contribution in [0.1, 0.15) is 0 Å². The number of ether oxygens (including phenoxy) is 1. The van der Waals surface area contributed by atoms with E-state index in [2.05, 4.69) is 9.97 Å².